The van der Waals surface area contributed by atoms with E-state index >= 15 is 0 Å². The molecule has 71 valence electrons. The first-order valence-electron chi connectivity index (χ1n) is 4.81. The summed E-state index contributed by atoms with van der Waals surface area (Å²) < 4.78 is 0. The van der Waals surface area contributed by atoms with Crippen LogP contribution in [0.25, 0.3) is 5.32 Å². The Hall–Kier alpha value is -0.656. The summed E-state index contributed by atoms with van der Waals surface area (Å²) >= 11 is 0. The van der Waals surface area contributed by atoms with Crippen molar-refractivity contribution < 1.29 is 32.7 Å². The standard InChI is InChI=1S/C13H10N.Y/c1-3-7-12-10(5-1)9-11-6-2-4-8-13(11)14-12;/h1-8H,9H2;/q-1;. The third-order valence-electron chi connectivity index (χ3n) is 2.61. The van der Waals surface area contributed by atoms with Crippen molar-refractivity contribution >= 4 is 11.4 Å². The molecule has 3 rings (SSSR count). The Kier molecular flexibility index (Phi) is 3.23. The molecule has 0 bridgehead atoms. The number of hydrogen-bond donors (Lipinski definition) is 0. The van der Waals surface area contributed by atoms with E-state index < -0.39 is 0 Å². The third-order valence-corrected chi connectivity index (χ3v) is 2.61. The molecule has 1 aliphatic rings. The van der Waals surface area contributed by atoms with Gasteiger partial charge in [0.1, 0.15) is 0 Å². The van der Waals surface area contributed by atoms with E-state index in [4.69, 9.17) is 0 Å². The second-order valence-electron chi connectivity index (χ2n) is 3.55. The molecule has 1 nitrogen and oxygen atoms in total. The first-order valence-corrected chi connectivity index (χ1v) is 4.81. The fourth-order valence-corrected chi connectivity index (χ4v) is 1.87. The van der Waals surface area contributed by atoms with Gasteiger partial charge < -0.3 is 5.32 Å². The minimum atomic E-state index is 0. The second-order valence-corrected chi connectivity index (χ2v) is 3.55. The normalized spacial score (nSPS) is 11.7. The van der Waals surface area contributed by atoms with Crippen LogP contribution in [0.3, 0.4) is 0 Å². The fourth-order valence-electron chi connectivity index (χ4n) is 1.87. The predicted octanol–water partition coefficient (Wildman–Crippen LogP) is 3.93. The molecule has 0 fully saturated rings. The average Bonchev–Trinajstić information content (AvgIpc) is 2.26. The molecular formula is C13H10NY-. The fraction of sp³-hybridized carbons (Fsp3) is 0.0769. The molecule has 1 aliphatic heterocycles. The van der Waals surface area contributed by atoms with E-state index in [-0.39, 0.29) is 32.7 Å². The van der Waals surface area contributed by atoms with Gasteiger partial charge in [0.05, 0.1) is 0 Å². The Balaban J connectivity index is 0.000000853. The summed E-state index contributed by atoms with van der Waals surface area (Å²) in [5.41, 5.74) is 4.88. The van der Waals surface area contributed by atoms with Gasteiger partial charge in [-0.1, -0.05) is 59.7 Å². The maximum Gasteiger partial charge on any atom is 0 e. The first-order chi connectivity index (χ1) is 6.93. The molecule has 0 aromatic heterocycles. The van der Waals surface area contributed by atoms with Gasteiger partial charge in [0.2, 0.25) is 0 Å². The van der Waals surface area contributed by atoms with E-state index in [1.165, 1.54) is 11.1 Å². The van der Waals surface area contributed by atoms with Crippen molar-refractivity contribution in [2.45, 2.75) is 6.42 Å². The van der Waals surface area contributed by atoms with Crippen LogP contribution >= 0.6 is 0 Å². The first kappa shape index (κ1) is 10.8. The minimum absolute atomic E-state index is 0. The Morgan fingerprint density at radius 3 is 1.73 bits per heavy atom. The van der Waals surface area contributed by atoms with Crippen LogP contribution in [0, 0.1) is 0 Å². The van der Waals surface area contributed by atoms with Crippen LogP contribution in [-0.4, -0.2) is 0 Å². The number of fused-ring (bicyclic) bond motifs is 2. The number of benzene rings is 2. The number of hydrogen-bond acceptors (Lipinski definition) is 0. The summed E-state index contributed by atoms with van der Waals surface area (Å²) in [5, 5.41) is 4.61. The summed E-state index contributed by atoms with van der Waals surface area (Å²) in [6, 6.07) is 16.7. The van der Waals surface area contributed by atoms with Crippen LogP contribution in [0.2, 0.25) is 0 Å². The number of para-hydroxylation sites is 2. The zero-order chi connectivity index (χ0) is 9.38. The third kappa shape index (κ3) is 1.99. The monoisotopic (exact) mass is 269 g/mol. The van der Waals surface area contributed by atoms with E-state index in [1.54, 1.807) is 0 Å². The predicted molar refractivity (Wildman–Crippen MR) is 58.4 cm³/mol. The maximum absolute atomic E-state index is 4.61. The van der Waals surface area contributed by atoms with Gasteiger partial charge in [-0.25, -0.2) is 0 Å². The van der Waals surface area contributed by atoms with Crippen LogP contribution in [0.4, 0.5) is 11.4 Å². The summed E-state index contributed by atoms with van der Waals surface area (Å²) in [5.74, 6) is 0. The minimum Gasteiger partial charge on any atom is -0.657 e. The van der Waals surface area contributed by atoms with E-state index in [2.05, 4.69) is 41.7 Å². The van der Waals surface area contributed by atoms with Crippen molar-refractivity contribution in [2.75, 3.05) is 0 Å². The molecule has 0 unspecified atom stereocenters. The molecule has 0 spiro atoms. The maximum atomic E-state index is 4.61. The van der Waals surface area contributed by atoms with Gasteiger partial charge in [0.15, 0.2) is 0 Å². The zero-order valence-corrected chi connectivity index (χ0v) is 11.2. The van der Waals surface area contributed by atoms with Crippen LogP contribution < -0.4 is 0 Å². The SMILES string of the molecule is [Y].c1ccc2c(c1)Cc1ccccc1[N-]2. The molecule has 0 N–H and O–H groups in total. The van der Waals surface area contributed by atoms with Gasteiger partial charge >= 0.3 is 0 Å². The van der Waals surface area contributed by atoms with Gasteiger partial charge in [-0.2, -0.15) is 0 Å². The van der Waals surface area contributed by atoms with Crippen LogP contribution in [0.1, 0.15) is 11.1 Å². The Morgan fingerprint density at radius 1 is 0.733 bits per heavy atom. The Morgan fingerprint density at radius 2 is 1.20 bits per heavy atom. The average molecular weight is 269 g/mol. The van der Waals surface area contributed by atoms with Crippen molar-refractivity contribution in [3.8, 4) is 0 Å². The quantitative estimate of drug-likeness (QED) is 0.587. The van der Waals surface area contributed by atoms with Crippen LogP contribution in [0.15, 0.2) is 48.5 Å². The molecule has 2 heteroatoms. The molecule has 0 saturated heterocycles. The smallest absolute Gasteiger partial charge is 0 e. The summed E-state index contributed by atoms with van der Waals surface area (Å²) in [6.45, 7) is 0. The molecule has 1 heterocycles. The molecule has 0 amide bonds. The number of rotatable bonds is 0. The van der Waals surface area contributed by atoms with Gasteiger partial charge in [-0.15, -0.1) is 11.4 Å². The van der Waals surface area contributed by atoms with Crippen molar-refractivity contribution in [3.63, 3.8) is 0 Å². The zero-order valence-electron chi connectivity index (χ0n) is 8.35. The molecule has 0 aliphatic carbocycles. The molecular weight excluding hydrogens is 259 g/mol. The Bertz CT molecular complexity index is 392. The molecule has 0 atom stereocenters. The Labute approximate surface area is 115 Å². The van der Waals surface area contributed by atoms with Crippen molar-refractivity contribution in [1.82, 2.24) is 0 Å². The van der Waals surface area contributed by atoms with E-state index in [1.807, 2.05) is 12.1 Å². The summed E-state index contributed by atoms with van der Waals surface area (Å²) in [4.78, 5) is 0. The number of nitrogens with zero attached hydrogens (tertiary/aromatic N) is 1. The van der Waals surface area contributed by atoms with Crippen molar-refractivity contribution in [2.24, 2.45) is 0 Å². The molecule has 2 aromatic carbocycles. The topological polar surface area (TPSA) is 14.1 Å². The van der Waals surface area contributed by atoms with Crippen LogP contribution in [0.5, 0.6) is 0 Å². The second kappa shape index (κ2) is 4.46. The van der Waals surface area contributed by atoms with Gasteiger partial charge in [0.25, 0.3) is 0 Å². The summed E-state index contributed by atoms with van der Waals surface area (Å²) in [7, 11) is 0. The molecule has 15 heavy (non-hydrogen) atoms. The van der Waals surface area contributed by atoms with E-state index in [0.717, 1.165) is 17.8 Å². The van der Waals surface area contributed by atoms with E-state index in [9.17, 15) is 0 Å². The van der Waals surface area contributed by atoms with Crippen LogP contribution in [-0.2, 0) is 39.1 Å². The van der Waals surface area contributed by atoms with Gasteiger partial charge in [0, 0.05) is 32.7 Å². The summed E-state index contributed by atoms with van der Waals surface area (Å²) in [6.07, 6.45) is 1.01. The molecule has 0 saturated carbocycles. The van der Waals surface area contributed by atoms with Crippen molar-refractivity contribution in [1.29, 1.82) is 0 Å². The molecule has 2 aromatic rings. The van der Waals surface area contributed by atoms with Crippen molar-refractivity contribution in [3.05, 3.63) is 65.0 Å². The largest absolute Gasteiger partial charge is 0.657 e. The van der Waals surface area contributed by atoms with Gasteiger partial charge in [-0.3, -0.25) is 0 Å². The van der Waals surface area contributed by atoms with Gasteiger partial charge in [-0.05, 0) is 6.42 Å². The van der Waals surface area contributed by atoms with E-state index in [0.29, 0.717) is 0 Å². The molecule has 1 radical (unpaired) electrons.